The molecule has 1 amide bonds. The molecule has 0 aliphatic carbocycles. The molecule has 5 nitrogen and oxygen atoms in total. The van der Waals surface area contributed by atoms with Crippen molar-refractivity contribution in [1.29, 1.82) is 0 Å². The number of nitrogens with one attached hydrogen (secondary N) is 1. The zero-order chi connectivity index (χ0) is 23.5. The van der Waals surface area contributed by atoms with Gasteiger partial charge in [-0.15, -0.1) is 0 Å². The molecule has 0 fully saturated rings. The molecule has 0 spiro atoms. The molecule has 1 N–H and O–H groups in total. The summed E-state index contributed by atoms with van der Waals surface area (Å²) >= 11 is 0. The summed E-state index contributed by atoms with van der Waals surface area (Å²) in [6.45, 7) is 9.62. The van der Waals surface area contributed by atoms with Crippen LogP contribution in [0.1, 0.15) is 42.0 Å². The van der Waals surface area contributed by atoms with Crippen molar-refractivity contribution < 1.29 is 13.2 Å². The maximum atomic E-state index is 13.5. The lowest BCUT2D eigenvalue weighted by molar-refractivity contribution is -0.114. The standard InChI is InChI=1S/C26H30N2O3S/c1-18(2)22-11-13-23(14-12-22)28(32(30,31)24-15-9-19(3)10-16-24)17-26(29)27-25-8-6-7-20(4)21(25)5/h6-16,18H,17H2,1-5H3,(H,27,29). The highest BCUT2D eigenvalue weighted by Gasteiger charge is 2.27. The lowest BCUT2D eigenvalue weighted by atomic mass is 10.0. The number of aryl methyl sites for hydroxylation is 2. The summed E-state index contributed by atoms with van der Waals surface area (Å²) < 4.78 is 28.2. The molecule has 0 aliphatic rings. The van der Waals surface area contributed by atoms with Gasteiger partial charge in [0.1, 0.15) is 6.54 Å². The van der Waals surface area contributed by atoms with Crippen LogP contribution in [0.3, 0.4) is 0 Å². The first-order valence-electron chi connectivity index (χ1n) is 10.6. The first-order chi connectivity index (χ1) is 15.1. The van der Waals surface area contributed by atoms with Crippen LogP contribution in [0, 0.1) is 20.8 Å². The van der Waals surface area contributed by atoms with Crippen LogP contribution in [0.4, 0.5) is 11.4 Å². The molecular formula is C26H30N2O3S. The summed E-state index contributed by atoms with van der Waals surface area (Å²) in [6, 6.07) is 19.6. The Kier molecular flexibility index (Phi) is 7.04. The third kappa shape index (κ3) is 5.19. The van der Waals surface area contributed by atoms with Gasteiger partial charge in [0.05, 0.1) is 10.6 Å². The van der Waals surface area contributed by atoms with Crippen LogP contribution in [-0.4, -0.2) is 20.9 Å². The summed E-state index contributed by atoms with van der Waals surface area (Å²) in [5.74, 6) is -0.0823. The highest BCUT2D eigenvalue weighted by Crippen LogP contribution is 2.26. The number of carbonyl (C=O) groups excluding carboxylic acids is 1. The number of nitrogens with zero attached hydrogens (tertiary/aromatic N) is 1. The SMILES string of the molecule is Cc1ccc(S(=O)(=O)N(CC(=O)Nc2cccc(C)c2C)c2ccc(C(C)C)cc2)cc1. The van der Waals surface area contributed by atoms with Gasteiger partial charge in [0.2, 0.25) is 5.91 Å². The lowest BCUT2D eigenvalue weighted by Gasteiger charge is -2.25. The van der Waals surface area contributed by atoms with Gasteiger partial charge in [-0.3, -0.25) is 9.10 Å². The first-order valence-corrected chi connectivity index (χ1v) is 12.1. The van der Waals surface area contributed by atoms with Gasteiger partial charge in [0.15, 0.2) is 0 Å². The van der Waals surface area contributed by atoms with Crippen LogP contribution in [0.2, 0.25) is 0 Å². The van der Waals surface area contributed by atoms with Crippen molar-refractivity contribution >= 4 is 27.3 Å². The summed E-state index contributed by atoms with van der Waals surface area (Å²) in [5.41, 5.74) is 5.20. The monoisotopic (exact) mass is 450 g/mol. The van der Waals surface area contributed by atoms with Crippen molar-refractivity contribution in [3.05, 3.63) is 89.0 Å². The zero-order valence-electron chi connectivity index (χ0n) is 19.2. The second-order valence-electron chi connectivity index (χ2n) is 8.37. The van der Waals surface area contributed by atoms with Crippen molar-refractivity contribution in [1.82, 2.24) is 0 Å². The maximum Gasteiger partial charge on any atom is 0.264 e. The Balaban J connectivity index is 1.97. The number of anilines is 2. The number of sulfonamides is 1. The Labute approximate surface area is 191 Å². The van der Waals surface area contributed by atoms with E-state index in [9.17, 15) is 13.2 Å². The molecule has 0 saturated heterocycles. The fourth-order valence-electron chi connectivity index (χ4n) is 3.38. The van der Waals surface area contributed by atoms with E-state index in [0.29, 0.717) is 17.3 Å². The van der Waals surface area contributed by atoms with Crippen LogP contribution in [0.5, 0.6) is 0 Å². The van der Waals surface area contributed by atoms with E-state index in [0.717, 1.165) is 22.3 Å². The molecule has 32 heavy (non-hydrogen) atoms. The average molecular weight is 451 g/mol. The molecular weight excluding hydrogens is 420 g/mol. The van der Waals surface area contributed by atoms with Crippen molar-refractivity contribution in [2.75, 3.05) is 16.2 Å². The van der Waals surface area contributed by atoms with E-state index in [1.165, 1.54) is 4.31 Å². The van der Waals surface area contributed by atoms with Crippen molar-refractivity contribution in [3.8, 4) is 0 Å². The maximum absolute atomic E-state index is 13.5. The average Bonchev–Trinajstić information content (AvgIpc) is 2.75. The van der Waals surface area contributed by atoms with Gasteiger partial charge in [-0.05, 0) is 73.7 Å². The molecule has 0 atom stereocenters. The van der Waals surface area contributed by atoms with Crippen LogP contribution >= 0.6 is 0 Å². The molecule has 0 saturated carbocycles. The highest BCUT2D eigenvalue weighted by atomic mass is 32.2. The number of hydrogen-bond acceptors (Lipinski definition) is 3. The predicted molar refractivity (Wildman–Crippen MR) is 131 cm³/mol. The van der Waals surface area contributed by atoms with Gasteiger partial charge >= 0.3 is 0 Å². The largest absolute Gasteiger partial charge is 0.324 e. The summed E-state index contributed by atoms with van der Waals surface area (Å²) in [5, 5.41) is 2.87. The van der Waals surface area contributed by atoms with Crippen LogP contribution in [-0.2, 0) is 14.8 Å². The van der Waals surface area contributed by atoms with Crippen LogP contribution in [0.25, 0.3) is 0 Å². The summed E-state index contributed by atoms with van der Waals surface area (Å²) in [4.78, 5) is 13.1. The molecule has 0 aromatic heterocycles. The molecule has 0 heterocycles. The number of hydrogen-bond donors (Lipinski definition) is 1. The van der Waals surface area contributed by atoms with Crippen LogP contribution in [0.15, 0.2) is 71.6 Å². The van der Waals surface area contributed by atoms with Gasteiger partial charge in [0, 0.05) is 5.69 Å². The minimum atomic E-state index is -3.94. The topological polar surface area (TPSA) is 66.5 Å². The Morgan fingerprint density at radius 3 is 2.12 bits per heavy atom. The molecule has 0 radical (unpaired) electrons. The third-order valence-corrected chi connectivity index (χ3v) is 7.41. The second kappa shape index (κ2) is 9.57. The van der Waals surface area contributed by atoms with Gasteiger partial charge in [0.25, 0.3) is 10.0 Å². The molecule has 6 heteroatoms. The Morgan fingerprint density at radius 1 is 0.906 bits per heavy atom. The van der Waals surface area contributed by atoms with E-state index < -0.39 is 15.9 Å². The number of carbonyl (C=O) groups is 1. The molecule has 0 unspecified atom stereocenters. The molecule has 0 bridgehead atoms. The molecule has 3 aromatic rings. The van der Waals surface area contributed by atoms with Gasteiger partial charge in [-0.25, -0.2) is 8.42 Å². The highest BCUT2D eigenvalue weighted by molar-refractivity contribution is 7.92. The van der Waals surface area contributed by atoms with Gasteiger partial charge in [-0.2, -0.15) is 0 Å². The van der Waals surface area contributed by atoms with E-state index in [1.807, 2.05) is 51.1 Å². The molecule has 3 rings (SSSR count). The fourth-order valence-corrected chi connectivity index (χ4v) is 4.81. The summed E-state index contributed by atoms with van der Waals surface area (Å²) in [6.07, 6.45) is 0. The fraction of sp³-hybridized carbons (Fsp3) is 0.269. The smallest absolute Gasteiger partial charge is 0.264 e. The van der Waals surface area contributed by atoms with Crippen molar-refractivity contribution in [2.45, 2.75) is 45.4 Å². The van der Waals surface area contributed by atoms with E-state index in [2.05, 4.69) is 19.2 Å². The lowest BCUT2D eigenvalue weighted by Crippen LogP contribution is -2.38. The van der Waals surface area contributed by atoms with E-state index in [1.54, 1.807) is 36.4 Å². The normalized spacial score (nSPS) is 11.4. The zero-order valence-corrected chi connectivity index (χ0v) is 20.0. The minimum absolute atomic E-state index is 0.149. The molecule has 168 valence electrons. The minimum Gasteiger partial charge on any atom is -0.324 e. The Hall–Kier alpha value is -3.12. The van der Waals surface area contributed by atoms with Crippen molar-refractivity contribution in [2.24, 2.45) is 0 Å². The predicted octanol–water partition coefficient (Wildman–Crippen LogP) is 5.57. The van der Waals surface area contributed by atoms with Crippen LogP contribution < -0.4 is 9.62 Å². The molecule has 3 aromatic carbocycles. The second-order valence-corrected chi connectivity index (χ2v) is 10.2. The van der Waals surface area contributed by atoms with E-state index >= 15 is 0 Å². The van der Waals surface area contributed by atoms with E-state index in [-0.39, 0.29) is 11.4 Å². The van der Waals surface area contributed by atoms with Gasteiger partial charge in [-0.1, -0.05) is 55.8 Å². The third-order valence-electron chi connectivity index (χ3n) is 5.62. The Morgan fingerprint density at radius 2 is 1.53 bits per heavy atom. The number of amides is 1. The van der Waals surface area contributed by atoms with E-state index in [4.69, 9.17) is 0 Å². The Bertz CT molecular complexity index is 1200. The number of benzene rings is 3. The van der Waals surface area contributed by atoms with Gasteiger partial charge < -0.3 is 5.32 Å². The van der Waals surface area contributed by atoms with Crippen molar-refractivity contribution in [3.63, 3.8) is 0 Å². The first kappa shape index (κ1) is 23.5. The number of rotatable bonds is 7. The molecule has 0 aliphatic heterocycles. The summed E-state index contributed by atoms with van der Waals surface area (Å²) in [7, 11) is -3.94. The quantitative estimate of drug-likeness (QED) is 0.512.